The number of halogens is 2. The summed E-state index contributed by atoms with van der Waals surface area (Å²) in [6.07, 6.45) is 2.56. The van der Waals surface area contributed by atoms with Gasteiger partial charge >= 0.3 is 0 Å². The summed E-state index contributed by atoms with van der Waals surface area (Å²) < 4.78 is 3.39. The van der Waals surface area contributed by atoms with Crippen LogP contribution in [0.1, 0.15) is 25.6 Å². The van der Waals surface area contributed by atoms with Gasteiger partial charge in [0.2, 0.25) is 0 Å². The summed E-state index contributed by atoms with van der Waals surface area (Å²) in [7, 11) is 0. The number of rotatable bonds is 4. The van der Waals surface area contributed by atoms with Gasteiger partial charge in [0.25, 0.3) is 0 Å². The first-order valence-electron chi connectivity index (χ1n) is 7.17. The Kier molecular flexibility index (Phi) is 4.34. The monoisotopic (exact) mass is 355 g/mol. The molecule has 1 aliphatic rings. The van der Waals surface area contributed by atoms with Crippen LogP contribution in [0, 0.1) is 0 Å². The second-order valence-electron chi connectivity index (χ2n) is 5.33. The van der Waals surface area contributed by atoms with E-state index < -0.39 is 0 Å². The smallest absolute Gasteiger partial charge is 0.124 e. The fourth-order valence-electron chi connectivity index (χ4n) is 3.18. The molecule has 2 heterocycles. The number of hydrogen-bond donors (Lipinski definition) is 0. The van der Waals surface area contributed by atoms with Crippen LogP contribution < -0.4 is 0 Å². The van der Waals surface area contributed by atoms with Crippen LogP contribution in [0.2, 0.25) is 0 Å². The highest BCUT2D eigenvalue weighted by Crippen LogP contribution is 2.25. The van der Waals surface area contributed by atoms with E-state index in [-0.39, 0.29) is 0 Å². The molecule has 0 N–H and O–H groups in total. The van der Waals surface area contributed by atoms with E-state index >= 15 is 0 Å². The molecule has 2 aromatic rings. The minimum Gasteiger partial charge on any atom is -0.325 e. The van der Waals surface area contributed by atoms with Crippen LogP contribution in [0.5, 0.6) is 0 Å². The van der Waals surface area contributed by atoms with Crippen molar-refractivity contribution in [1.29, 1.82) is 0 Å². The quantitative estimate of drug-likeness (QED) is 0.771. The SMILES string of the molecule is CCN1CCCC1Cn1c(CCl)nc2ccc(Br)cc21. The van der Waals surface area contributed by atoms with Gasteiger partial charge < -0.3 is 4.57 Å². The average molecular weight is 357 g/mol. The Morgan fingerprint density at radius 2 is 2.30 bits per heavy atom. The number of aromatic nitrogens is 2. The van der Waals surface area contributed by atoms with E-state index in [0.29, 0.717) is 11.9 Å². The van der Waals surface area contributed by atoms with Crippen LogP contribution in [-0.2, 0) is 12.4 Å². The minimum absolute atomic E-state index is 0.463. The van der Waals surface area contributed by atoms with E-state index in [2.05, 4.69) is 49.4 Å². The van der Waals surface area contributed by atoms with Crippen molar-refractivity contribution in [1.82, 2.24) is 14.5 Å². The summed E-state index contributed by atoms with van der Waals surface area (Å²) in [4.78, 5) is 7.21. The van der Waals surface area contributed by atoms with Crippen molar-refractivity contribution in [2.45, 2.75) is 38.2 Å². The molecule has 1 aromatic carbocycles. The molecule has 1 aliphatic heterocycles. The summed E-state index contributed by atoms with van der Waals surface area (Å²) >= 11 is 9.64. The highest BCUT2D eigenvalue weighted by Gasteiger charge is 2.24. The summed E-state index contributed by atoms with van der Waals surface area (Å²) in [5, 5.41) is 0. The topological polar surface area (TPSA) is 21.1 Å². The highest BCUT2D eigenvalue weighted by atomic mass is 79.9. The highest BCUT2D eigenvalue weighted by molar-refractivity contribution is 9.10. The van der Waals surface area contributed by atoms with E-state index in [1.54, 1.807) is 0 Å². The average Bonchev–Trinajstić information content (AvgIpc) is 3.04. The lowest BCUT2D eigenvalue weighted by atomic mass is 10.2. The molecule has 3 nitrogen and oxygen atoms in total. The van der Waals surface area contributed by atoms with E-state index in [1.807, 2.05) is 6.07 Å². The first-order valence-corrected chi connectivity index (χ1v) is 8.50. The van der Waals surface area contributed by atoms with Crippen molar-refractivity contribution >= 4 is 38.6 Å². The fourth-order valence-corrected chi connectivity index (χ4v) is 3.73. The molecule has 1 atom stereocenters. The van der Waals surface area contributed by atoms with E-state index in [0.717, 1.165) is 28.9 Å². The third-order valence-electron chi connectivity index (χ3n) is 4.21. The number of imidazole rings is 1. The zero-order valence-electron chi connectivity index (χ0n) is 11.6. The summed E-state index contributed by atoms with van der Waals surface area (Å²) in [5.41, 5.74) is 2.21. The lowest BCUT2D eigenvalue weighted by Gasteiger charge is -2.24. The summed E-state index contributed by atoms with van der Waals surface area (Å²) in [5.74, 6) is 1.44. The van der Waals surface area contributed by atoms with E-state index in [4.69, 9.17) is 11.6 Å². The Balaban J connectivity index is 1.98. The first-order chi connectivity index (χ1) is 9.72. The molecule has 1 aromatic heterocycles. The summed E-state index contributed by atoms with van der Waals surface area (Å²) in [6.45, 7) is 5.57. The third kappa shape index (κ3) is 2.61. The maximum Gasteiger partial charge on any atom is 0.124 e. The molecule has 5 heteroatoms. The van der Waals surface area contributed by atoms with Gasteiger partial charge in [-0.15, -0.1) is 11.6 Å². The van der Waals surface area contributed by atoms with Crippen molar-refractivity contribution in [3.63, 3.8) is 0 Å². The van der Waals surface area contributed by atoms with Crippen molar-refractivity contribution in [2.24, 2.45) is 0 Å². The lowest BCUT2D eigenvalue weighted by Crippen LogP contribution is -2.33. The number of nitrogens with zero attached hydrogens (tertiary/aromatic N) is 3. The maximum atomic E-state index is 6.09. The molecule has 1 unspecified atom stereocenters. The van der Waals surface area contributed by atoms with E-state index in [9.17, 15) is 0 Å². The van der Waals surface area contributed by atoms with Crippen LogP contribution in [0.15, 0.2) is 22.7 Å². The van der Waals surface area contributed by atoms with Crippen LogP contribution in [0.4, 0.5) is 0 Å². The van der Waals surface area contributed by atoms with Gasteiger partial charge in [-0.3, -0.25) is 4.90 Å². The Bertz CT molecular complexity index is 610. The van der Waals surface area contributed by atoms with Crippen molar-refractivity contribution < 1.29 is 0 Å². The number of alkyl halides is 1. The molecule has 0 aliphatic carbocycles. The van der Waals surface area contributed by atoms with Gasteiger partial charge in [0.05, 0.1) is 16.9 Å². The van der Waals surface area contributed by atoms with Crippen LogP contribution in [0.25, 0.3) is 11.0 Å². The standard InChI is InChI=1S/C15H19BrClN3/c1-2-19-7-3-4-12(19)10-20-14-8-11(16)5-6-13(14)18-15(20)9-17/h5-6,8,12H,2-4,7,9-10H2,1H3. The molecule has 1 saturated heterocycles. The van der Waals surface area contributed by atoms with E-state index in [1.165, 1.54) is 24.9 Å². The molecule has 0 amide bonds. The zero-order valence-corrected chi connectivity index (χ0v) is 14.0. The third-order valence-corrected chi connectivity index (χ3v) is 4.94. The van der Waals surface area contributed by atoms with Crippen molar-refractivity contribution in [2.75, 3.05) is 13.1 Å². The van der Waals surface area contributed by atoms with Gasteiger partial charge in [0.1, 0.15) is 5.82 Å². The predicted octanol–water partition coefficient (Wildman–Crippen LogP) is 4.02. The fraction of sp³-hybridized carbons (Fsp3) is 0.533. The molecule has 20 heavy (non-hydrogen) atoms. The molecule has 108 valence electrons. The summed E-state index contributed by atoms with van der Waals surface area (Å²) in [6, 6.07) is 6.84. The molecular weight excluding hydrogens is 338 g/mol. The molecule has 3 rings (SSSR count). The Morgan fingerprint density at radius 1 is 1.45 bits per heavy atom. The maximum absolute atomic E-state index is 6.09. The number of likely N-dealkylation sites (tertiary alicyclic amines) is 1. The van der Waals surface area contributed by atoms with Gasteiger partial charge in [-0.05, 0) is 44.1 Å². The van der Waals surface area contributed by atoms with Gasteiger partial charge in [-0.2, -0.15) is 0 Å². The molecular formula is C15H19BrClN3. The van der Waals surface area contributed by atoms with Gasteiger partial charge in [-0.25, -0.2) is 4.98 Å². The Hall–Kier alpha value is -0.580. The van der Waals surface area contributed by atoms with Gasteiger partial charge in [-0.1, -0.05) is 22.9 Å². The normalized spacial score (nSPS) is 20.1. The second-order valence-corrected chi connectivity index (χ2v) is 6.51. The number of likely N-dealkylation sites (N-methyl/N-ethyl adjacent to an activating group) is 1. The first kappa shape index (κ1) is 14.4. The van der Waals surface area contributed by atoms with Crippen LogP contribution >= 0.6 is 27.5 Å². The number of benzene rings is 1. The second kappa shape index (κ2) is 6.04. The molecule has 1 fully saturated rings. The van der Waals surface area contributed by atoms with Crippen LogP contribution in [-0.4, -0.2) is 33.6 Å². The molecule has 0 radical (unpaired) electrons. The van der Waals surface area contributed by atoms with Gasteiger partial charge in [0.15, 0.2) is 0 Å². The molecule has 0 bridgehead atoms. The predicted molar refractivity (Wildman–Crippen MR) is 87.3 cm³/mol. The Labute approximate surface area is 133 Å². The molecule has 0 spiro atoms. The van der Waals surface area contributed by atoms with Crippen molar-refractivity contribution in [3.8, 4) is 0 Å². The lowest BCUT2D eigenvalue weighted by molar-refractivity contribution is 0.245. The number of hydrogen-bond acceptors (Lipinski definition) is 2. The number of fused-ring (bicyclic) bond motifs is 1. The largest absolute Gasteiger partial charge is 0.325 e. The van der Waals surface area contributed by atoms with Crippen LogP contribution in [0.3, 0.4) is 0 Å². The van der Waals surface area contributed by atoms with Gasteiger partial charge in [0, 0.05) is 17.1 Å². The minimum atomic E-state index is 0.463. The Morgan fingerprint density at radius 3 is 3.05 bits per heavy atom. The van der Waals surface area contributed by atoms with Crippen molar-refractivity contribution in [3.05, 3.63) is 28.5 Å². The molecule has 0 saturated carbocycles. The zero-order chi connectivity index (χ0) is 14.1.